The minimum Gasteiger partial charge on any atom is -0.455 e. The van der Waals surface area contributed by atoms with Crippen molar-refractivity contribution in [3.63, 3.8) is 0 Å². The van der Waals surface area contributed by atoms with Gasteiger partial charge in [0.05, 0.1) is 17.2 Å². The molecule has 0 saturated carbocycles. The number of para-hydroxylation sites is 2. The summed E-state index contributed by atoms with van der Waals surface area (Å²) in [6.07, 6.45) is 8.99. The van der Waals surface area contributed by atoms with Crippen molar-refractivity contribution in [1.82, 2.24) is 5.32 Å². The number of hydrogen-bond donors (Lipinski definition) is 2. The third kappa shape index (κ3) is 5.42. The Bertz CT molecular complexity index is 3210. The molecule has 2 heterocycles. The molecule has 2 atom stereocenters. The lowest BCUT2D eigenvalue weighted by atomic mass is 9.64. The molecule has 0 fully saturated rings. The molecular formula is C57H41N3O. The summed E-state index contributed by atoms with van der Waals surface area (Å²) in [6, 6.07) is 64.8. The second-order valence-electron chi connectivity index (χ2n) is 16.3. The summed E-state index contributed by atoms with van der Waals surface area (Å²) < 4.78 is 7.51. The van der Waals surface area contributed by atoms with Crippen molar-refractivity contribution in [3.8, 4) is 33.8 Å². The second kappa shape index (κ2) is 14.0. The summed E-state index contributed by atoms with van der Waals surface area (Å²) in [5.74, 6) is 2.57. The van der Waals surface area contributed by atoms with Gasteiger partial charge in [-0.1, -0.05) is 182 Å². The first-order valence-electron chi connectivity index (χ1n) is 21.2. The molecule has 1 spiro atoms. The van der Waals surface area contributed by atoms with Crippen LogP contribution in [0.4, 0.5) is 5.69 Å². The van der Waals surface area contributed by atoms with Crippen LogP contribution in [-0.2, 0) is 5.41 Å². The molecule has 4 heteroatoms. The van der Waals surface area contributed by atoms with Gasteiger partial charge in [0.15, 0.2) is 0 Å². The van der Waals surface area contributed by atoms with E-state index in [0.717, 1.165) is 96.8 Å². The Morgan fingerprint density at radius 2 is 1.20 bits per heavy atom. The average molecular weight is 784 g/mol. The number of rotatable bonds is 5. The van der Waals surface area contributed by atoms with Gasteiger partial charge >= 0.3 is 0 Å². The number of aliphatic imine (C=N–C) groups is 1. The molecule has 0 aromatic heterocycles. The molecule has 2 aliphatic heterocycles. The van der Waals surface area contributed by atoms with E-state index in [9.17, 15) is 0 Å². The highest BCUT2D eigenvalue weighted by Crippen LogP contribution is 2.65. The predicted octanol–water partition coefficient (Wildman–Crippen LogP) is 13.4. The molecule has 4 nitrogen and oxygen atoms in total. The quantitative estimate of drug-likeness (QED) is 0.171. The Hall–Kier alpha value is -7.69. The smallest absolute Gasteiger partial charge is 0.140 e. The highest BCUT2D eigenvalue weighted by molar-refractivity contribution is 6.06. The highest BCUT2D eigenvalue weighted by Gasteiger charge is 2.52. The van der Waals surface area contributed by atoms with Crippen molar-refractivity contribution >= 4 is 33.6 Å². The summed E-state index contributed by atoms with van der Waals surface area (Å²) in [6.45, 7) is 0. The molecule has 0 bridgehead atoms. The van der Waals surface area contributed by atoms with Crippen LogP contribution in [-0.4, -0.2) is 5.84 Å². The average Bonchev–Trinajstić information content (AvgIpc) is 3.62. The molecule has 12 rings (SSSR count). The number of hydrogen-bond acceptors (Lipinski definition) is 4. The number of amidine groups is 1. The maximum atomic E-state index is 7.51. The lowest BCUT2D eigenvalue weighted by Crippen LogP contribution is -2.33. The van der Waals surface area contributed by atoms with Gasteiger partial charge in [-0.15, -0.1) is 0 Å². The fourth-order valence-corrected chi connectivity index (χ4v) is 10.4. The zero-order valence-electron chi connectivity index (χ0n) is 33.5. The maximum Gasteiger partial charge on any atom is 0.140 e. The van der Waals surface area contributed by atoms with Gasteiger partial charge in [0.1, 0.15) is 17.3 Å². The van der Waals surface area contributed by atoms with E-state index in [4.69, 9.17) is 15.5 Å². The van der Waals surface area contributed by atoms with Crippen LogP contribution in [0.3, 0.4) is 0 Å². The monoisotopic (exact) mass is 783 g/mol. The minimum atomic E-state index is -0.591. The Balaban J connectivity index is 1.07. The van der Waals surface area contributed by atoms with Crippen molar-refractivity contribution in [3.05, 3.63) is 245 Å². The third-order valence-corrected chi connectivity index (χ3v) is 13.0. The molecule has 0 saturated heterocycles. The van der Waals surface area contributed by atoms with E-state index in [2.05, 4.69) is 193 Å². The van der Waals surface area contributed by atoms with Crippen LogP contribution in [0.15, 0.2) is 211 Å². The van der Waals surface area contributed by atoms with E-state index in [0.29, 0.717) is 0 Å². The Labute approximate surface area is 355 Å². The summed E-state index contributed by atoms with van der Waals surface area (Å²) in [7, 11) is 0. The van der Waals surface area contributed by atoms with Gasteiger partial charge in [0.25, 0.3) is 0 Å². The summed E-state index contributed by atoms with van der Waals surface area (Å²) >= 11 is 0. The van der Waals surface area contributed by atoms with Crippen molar-refractivity contribution in [1.29, 1.82) is 0 Å². The van der Waals surface area contributed by atoms with Crippen molar-refractivity contribution in [2.24, 2.45) is 4.99 Å². The number of ether oxygens (including phenoxy) is 1. The number of nitrogens with zero attached hydrogens (tertiary/aromatic N) is 1. The van der Waals surface area contributed by atoms with Crippen LogP contribution in [0, 0.1) is 0 Å². The number of nitrogens with two attached hydrogens (primary N) is 1. The Morgan fingerprint density at radius 3 is 2.03 bits per heavy atom. The summed E-state index contributed by atoms with van der Waals surface area (Å²) in [5, 5.41) is 5.92. The normalized spacial score (nSPS) is 18.3. The van der Waals surface area contributed by atoms with Crippen LogP contribution in [0.1, 0.15) is 57.8 Å². The van der Waals surface area contributed by atoms with E-state index in [1.165, 1.54) is 27.8 Å². The fraction of sp³-hybridized carbons (Fsp3) is 0.0702. The molecule has 290 valence electrons. The SMILES string of the molecule is Nc1ccc(-c2cccc3c2Oc2c(-c4cccc(C5=NC(c6ccccc6)=CC(c6ccccc6)N5)c4)cccc2C32C3=C(CCC=C3)c3ccccc32)c2ccccc12. The van der Waals surface area contributed by atoms with Crippen LogP contribution >= 0.6 is 0 Å². The Morgan fingerprint density at radius 1 is 0.557 bits per heavy atom. The molecule has 2 aliphatic carbocycles. The van der Waals surface area contributed by atoms with Crippen LogP contribution in [0.25, 0.3) is 44.3 Å². The van der Waals surface area contributed by atoms with E-state index in [1.54, 1.807) is 0 Å². The number of allylic oxidation sites excluding steroid dienone is 4. The lowest BCUT2D eigenvalue weighted by molar-refractivity contribution is 0.439. The van der Waals surface area contributed by atoms with Gasteiger partial charge < -0.3 is 15.8 Å². The topological polar surface area (TPSA) is 59.6 Å². The second-order valence-corrected chi connectivity index (χ2v) is 16.3. The molecule has 61 heavy (non-hydrogen) atoms. The molecule has 2 unspecified atom stereocenters. The van der Waals surface area contributed by atoms with Crippen LogP contribution in [0.2, 0.25) is 0 Å². The van der Waals surface area contributed by atoms with Gasteiger partial charge in [-0.2, -0.15) is 0 Å². The van der Waals surface area contributed by atoms with E-state index < -0.39 is 5.41 Å². The zero-order chi connectivity index (χ0) is 40.5. The number of anilines is 1. The number of benzene rings is 8. The largest absolute Gasteiger partial charge is 0.455 e. The van der Waals surface area contributed by atoms with E-state index >= 15 is 0 Å². The van der Waals surface area contributed by atoms with Gasteiger partial charge in [0.2, 0.25) is 0 Å². The van der Waals surface area contributed by atoms with E-state index in [-0.39, 0.29) is 6.04 Å². The first kappa shape index (κ1) is 35.3. The molecule has 0 amide bonds. The molecule has 8 aromatic carbocycles. The highest BCUT2D eigenvalue weighted by atomic mass is 16.5. The van der Waals surface area contributed by atoms with Crippen molar-refractivity contribution in [2.75, 3.05) is 5.73 Å². The zero-order valence-corrected chi connectivity index (χ0v) is 33.5. The third-order valence-electron chi connectivity index (χ3n) is 13.0. The molecule has 3 N–H and O–H groups in total. The van der Waals surface area contributed by atoms with Gasteiger partial charge in [-0.05, 0) is 81.0 Å². The number of nitrogen functional groups attached to an aromatic ring is 1. The van der Waals surface area contributed by atoms with Crippen LogP contribution in [0.5, 0.6) is 11.5 Å². The lowest BCUT2D eigenvalue weighted by Gasteiger charge is -2.42. The van der Waals surface area contributed by atoms with Crippen LogP contribution < -0.4 is 15.8 Å². The first-order chi connectivity index (χ1) is 30.2. The predicted molar refractivity (Wildman–Crippen MR) is 251 cm³/mol. The molecule has 8 aromatic rings. The summed E-state index contributed by atoms with van der Waals surface area (Å²) in [4.78, 5) is 5.27. The fourth-order valence-electron chi connectivity index (χ4n) is 10.4. The molecule has 4 aliphatic rings. The molecular weight excluding hydrogens is 743 g/mol. The number of nitrogens with one attached hydrogen (secondary N) is 1. The minimum absolute atomic E-state index is 0.0481. The van der Waals surface area contributed by atoms with Gasteiger partial charge in [-0.25, -0.2) is 4.99 Å². The first-order valence-corrected chi connectivity index (χ1v) is 21.2. The van der Waals surface area contributed by atoms with Crippen molar-refractivity contribution < 1.29 is 4.74 Å². The van der Waals surface area contributed by atoms with Crippen molar-refractivity contribution in [2.45, 2.75) is 24.3 Å². The molecule has 0 radical (unpaired) electrons. The summed E-state index contributed by atoms with van der Waals surface area (Å²) in [5.41, 5.74) is 22.9. The van der Waals surface area contributed by atoms with Gasteiger partial charge in [-0.3, -0.25) is 0 Å². The standard InChI is InChI=1S/C57H41N3O/c58-51-33-32-42(41-22-7-8-25-45(41)51)46-27-15-31-50-55(46)61-54-40(26-14-30-49(54)57(50)47-28-11-9-23-43(47)44-24-10-12-29-48(44)57)38-20-13-21-39(34-38)56-59-52(36-16-3-1-4-17-36)35-53(60-56)37-18-5-2-6-19-37/h1-9,11-23,25-35,52H,10,24,58H2,(H,59,60). The van der Waals surface area contributed by atoms with E-state index in [1.807, 2.05) is 12.1 Å². The maximum absolute atomic E-state index is 7.51. The van der Waals surface area contributed by atoms with Gasteiger partial charge in [0, 0.05) is 38.9 Å². The Kier molecular flexibility index (Phi) is 8.07. The number of fused-ring (bicyclic) bond motifs is 9.